The van der Waals surface area contributed by atoms with Crippen molar-refractivity contribution in [2.75, 3.05) is 6.61 Å². The van der Waals surface area contributed by atoms with Crippen LogP contribution in [0.1, 0.15) is 92.8 Å². The topological polar surface area (TPSA) is 156 Å². The van der Waals surface area contributed by atoms with Gasteiger partial charge in [0.1, 0.15) is 11.8 Å². The summed E-state index contributed by atoms with van der Waals surface area (Å²) < 4.78 is 5.88. The summed E-state index contributed by atoms with van der Waals surface area (Å²) in [6.45, 7) is 9.05. The number of nitrogens with one attached hydrogen (secondary N) is 1. The van der Waals surface area contributed by atoms with E-state index in [4.69, 9.17) is 9.84 Å². The van der Waals surface area contributed by atoms with Crippen molar-refractivity contribution in [3.05, 3.63) is 88.4 Å². The van der Waals surface area contributed by atoms with Crippen LogP contribution in [0.4, 0.5) is 0 Å². The molecule has 4 aromatic rings. The molecule has 0 radical (unpaired) electrons. The monoisotopic (exact) mass is 713 g/mol. The molecule has 10 nitrogen and oxygen atoms in total. The van der Waals surface area contributed by atoms with E-state index in [2.05, 4.69) is 22.2 Å². The second kappa shape index (κ2) is 18.4. The third kappa shape index (κ3) is 11.8. The quantitative estimate of drug-likeness (QED) is 0.0647. The summed E-state index contributed by atoms with van der Waals surface area (Å²) in [4.78, 5) is 60.3. The Morgan fingerprint density at radius 2 is 1.45 bits per heavy atom. The number of carboxylic acids is 2. The summed E-state index contributed by atoms with van der Waals surface area (Å²) in [5.74, 6) is -3.35. The zero-order chi connectivity index (χ0) is 37.0. The number of aliphatic carboxylic acids is 2. The van der Waals surface area contributed by atoms with Gasteiger partial charge in [0.15, 0.2) is 11.6 Å². The third-order valence-electron chi connectivity index (χ3n) is 8.47. The molecule has 2 atom stereocenters. The maximum absolute atomic E-state index is 13.4. The van der Waals surface area contributed by atoms with Crippen LogP contribution in [0.3, 0.4) is 0 Å². The number of Topliss-reactive ketones (excluding diaryl/α,β-unsaturated/α-hetero) is 1. The van der Waals surface area contributed by atoms with Crippen molar-refractivity contribution in [1.29, 1.82) is 0 Å². The summed E-state index contributed by atoms with van der Waals surface area (Å²) in [5, 5.41) is 21.0. The minimum absolute atomic E-state index is 0.132. The Hall–Kier alpha value is -4.90. The number of thiophene rings is 1. The smallest absolute Gasteiger partial charge is 0.326 e. The normalized spacial score (nSPS) is 12.5. The van der Waals surface area contributed by atoms with Gasteiger partial charge in [-0.15, -0.1) is 11.3 Å². The molecule has 0 spiro atoms. The fourth-order valence-corrected chi connectivity index (χ4v) is 6.49. The van der Waals surface area contributed by atoms with E-state index in [9.17, 15) is 24.3 Å². The molecule has 11 heteroatoms. The number of benzene rings is 2. The zero-order valence-electron chi connectivity index (χ0n) is 29.7. The molecule has 0 saturated carbocycles. The van der Waals surface area contributed by atoms with Crippen LogP contribution >= 0.6 is 11.3 Å². The minimum Gasteiger partial charge on any atom is -0.494 e. The SMILES string of the molecule is CCCCCCCOc1ccc(-c2cnc(-c3ccc(C[C@H](CC(=O)c4ccc(C(C)(C)C)s4)C(=O)N[C@H](CC(=O)O)C(=O)O)cc3)nc2)cc1. The lowest BCUT2D eigenvalue weighted by Gasteiger charge is -2.19. The van der Waals surface area contributed by atoms with Crippen molar-refractivity contribution in [1.82, 2.24) is 15.3 Å². The number of ketones is 1. The predicted octanol–water partition coefficient (Wildman–Crippen LogP) is 7.99. The highest BCUT2D eigenvalue weighted by molar-refractivity contribution is 7.14. The van der Waals surface area contributed by atoms with Gasteiger partial charge in [0.25, 0.3) is 0 Å². The van der Waals surface area contributed by atoms with Gasteiger partial charge in [-0.3, -0.25) is 14.4 Å². The lowest BCUT2D eigenvalue weighted by Crippen LogP contribution is -2.45. The highest BCUT2D eigenvalue weighted by Crippen LogP contribution is 2.31. The second-order valence-electron chi connectivity index (χ2n) is 13.7. The van der Waals surface area contributed by atoms with Gasteiger partial charge in [0.05, 0.1) is 17.9 Å². The lowest BCUT2D eigenvalue weighted by atomic mass is 9.92. The number of ether oxygens (including phenoxy) is 1. The van der Waals surface area contributed by atoms with E-state index in [-0.39, 0.29) is 24.0 Å². The number of aromatic nitrogens is 2. The van der Waals surface area contributed by atoms with Crippen LogP contribution in [0.15, 0.2) is 73.1 Å². The maximum Gasteiger partial charge on any atom is 0.326 e. The maximum atomic E-state index is 13.4. The predicted molar refractivity (Wildman–Crippen MR) is 198 cm³/mol. The van der Waals surface area contributed by atoms with E-state index in [0.717, 1.165) is 39.3 Å². The minimum atomic E-state index is -1.62. The van der Waals surface area contributed by atoms with E-state index in [1.54, 1.807) is 18.5 Å². The number of hydrogen-bond acceptors (Lipinski definition) is 8. The zero-order valence-corrected chi connectivity index (χ0v) is 30.5. The standard InChI is InChI=1S/C40H47N3O7S/c1-5-6-7-8-9-20-50-31-16-14-27(15-17-31)30-24-41-37(42-25-30)28-12-10-26(11-13-28)21-29(38(47)43-32(39(48)49)23-36(45)46)22-33(44)34-18-19-35(51-34)40(2,3)4/h10-19,24-25,29,32H,5-9,20-23H2,1-4H3,(H,43,47)(H,45,46)(H,48,49)/t29-,32-/m1/s1. The van der Waals surface area contributed by atoms with Gasteiger partial charge in [0, 0.05) is 40.7 Å². The number of hydrogen-bond donors (Lipinski definition) is 3. The Balaban J connectivity index is 1.43. The molecule has 2 aromatic carbocycles. The van der Waals surface area contributed by atoms with Crippen LogP contribution in [0.2, 0.25) is 0 Å². The Kier molecular flexibility index (Phi) is 14.0. The van der Waals surface area contributed by atoms with Crippen LogP contribution in [0.5, 0.6) is 5.75 Å². The van der Waals surface area contributed by atoms with Crippen LogP contribution in [0.25, 0.3) is 22.5 Å². The van der Waals surface area contributed by atoms with Gasteiger partial charge in [-0.1, -0.05) is 89.8 Å². The molecule has 0 aliphatic heterocycles. The molecule has 2 heterocycles. The van der Waals surface area contributed by atoms with Crippen molar-refractivity contribution in [3.63, 3.8) is 0 Å². The van der Waals surface area contributed by atoms with Gasteiger partial charge in [-0.25, -0.2) is 14.8 Å². The fraction of sp³-hybridized carbons (Fsp3) is 0.400. The van der Waals surface area contributed by atoms with Crippen LogP contribution in [-0.4, -0.2) is 56.5 Å². The number of carbonyl (C=O) groups excluding carboxylic acids is 2. The van der Waals surface area contributed by atoms with Crippen LogP contribution < -0.4 is 10.1 Å². The number of unbranched alkanes of at least 4 members (excludes halogenated alkanes) is 4. The third-order valence-corrected chi connectivity index (χ3v) is 10.0. The van der Waals surface area contributed by atoms with Gasteiger partial charge in [-0.2, -0.15) is 0 Å². The first-order valence-corrected chi connectivity index (χ1v) is 18.2. The molecule has 1 amide bonds. The number of nitrogens with zero attached hydrogens (tertiary/aromatic N) is 2. The fourth-order valence-electron chi connectivity index (χ4n) is 5.48. The summed E-state index contributed by atoms with van der Waals surface area (Å²) >= 11 is 1.37. The Morgan fingerprint density at radius 1 is 0.804 bits per heavy atom. The summed E-state index contributed by atoms with van der Waals surface area (Å²) in [6, 6.07) is 17.2. The molecule has 270 valence electrons. The van der Waals surface area contributed by atoms with Crippen molar-refractivity contribution in [3.8, 4) is 28.3 Å². The molecule has 4 rings (SSSR count). The molecule has 0 fully saturated rings. The molecular weight excluding hydrogens is 667 g/mol. The van der Waals surface area contributed by atoms with Crippen molar-refractivity contribution in [2.45, 2.75) is 90.5 Å². The molecular formula is C40H47N3O7S. The van der Waals surface area contributed by atoms with Crippen molar-refractivity contribution >= 4 is 35.0 Å². The van der Waals surface area contributed by atoms with E-state index in [1.165, 1.54) is 37.0 Å². The average molecular weight is 714 g/mol. The van der Waals surface area contributed by atoms with Gasteiger partial charge < -0.3 is 20.3 Å². The molecule has 0 aliphatic carbocycles. The first-order valence-electron chi connectivity index (χ1n) is 17.4. The molecule has 2 aromatic heterocycles. The van der Waals surface area contributed by atoms with Crippen LogP contribution in [-0.2, 0) is 26.2 Å². The summed E-state index contributed by atoms with van der Waals surface area (Å²) in [5.41, 5.74) is 3.18. The van der Waals surface area contributed by atoms with Gasteiger partial charge in [0.2, 0.25) is 5.91 Å². The van der Waals surface area contributed by atoms with E-state index in [0.29, 0.717) is 17.3 Å². The largest absolute Gasteiger partial charge is 0.494 e. The lowest BCUT2D eigenvalue weighted by molar-refractivity contribution is -0.147. The molecule has 0 unspecified atom stereocenters. The number of carboxylic acid groups (broad SMARTS) is 2. The summed E-state index contributed by atoms with van der Waals surface area (Å²) in [7, 11) is 0. The first kappa shape index (κ1) is 38.9. The van der Waals surface area contributed by atoms with Crippen LogP contribution in [0, 0.1) is 5.92 Å². The molecule has 0 saturated heterocycles. The Bertz CT molecular complexity index is 1760. The Labute approximate surface area is 303 Å². The molecule has 3 N–H and O–H groups in total. The second-order valence-corrected chi connectivity index (χ2v) is 14.8. The molecule has 0 aliphatic rings. The van der Waals surface area contributed by atoms with E-state index in [1.807, 2.05) is 75.4 Å². The number of carbonyl (C=O) groups is 4. The first-order chi connectivity index (χ1) is 24.3. The van der Waals surface area contributed by atoms with Crippen molar-refractivity contribution in [2.24, 2.45) is 5.92 Å². The summed E-state index contributed by atoms with van der Waals surface area (Å²) in [6.07, 6.45) is 8.64. The van der Waals surface area contributed by atoms with Crippen molar-refractivity contribution < 1.29 is 34.1 Å². The molecule has 0 bridgehead atoms. The van der Waals surface area contributed by atoms with Gasteiger partial charge >= 0.3 is 11.9 Å². The van der Waals surface area contributed by atoms with E-state index >= 15 is 0 Å². The number of rotatable bonds is 19. The van der Waals surface area contributed by atoms with Gasteiger partial charge in [-0.05, 0) is 53.6 Å². The average Bonchev–Trinajstić information content (AvgIpc) is 3.62. The highest BCUT2D eigenvalue weighted by atomic mass is 32.1. The molecule has 51 heavy (non-hydrogen) atoms. The van der Waals surface area contributed by atoms with E-state index < -0.39 is 36.2 Å². The number of amides is 1. The highest BCUT2D eigenvalue weighted by Gasteiger charge is 2.30. The Morgan fingerprint density at radius 3 is 2.04 bits per heavy atom.